The third-order valence-electron chi connectivity index (χ3n) is 4.04. The number of nitrogens with zero attached hydrogens (tertiary/aromatic N) is 6. The van der Waals surface area contributed by atoms with Gasteiger partial charge in [-0.25, -0.2) is 9.50 Å². The first kappa shape index (κ1) is 15.4. The van der Waals surface area contributed by atoms with Gasteiger partial charge in [-0.05, 0) is 26.3 Å². The highest BCUT2D eigenvalue weighted by atomic mass is 16.2. The summed E-state index contributed by atoms with van der Waals surface area (Å²) in [6, 6.07) is 1.90. The van der Waals surface area contributed by atoms with E-state index in [9.17, 15) is 9.59 Å². The molecule has 0 N–H and O–H groups in total. The highest BCUT2D eigenvalue weighted by molar-refractivity contribution is 5.91. The molecule has 0 unspecified atom stereocenters. The van der Waals surface area contributed by atoms with Crippen LogP contribution in [-0.2, 0) is 4.79 Å². The van der Waals surface area contributed by atoms with Crippen LogP contribution in [0.5, 0.6) is 0 Å². The lowest BCUT2D eigenvalue weighted by molar-refractivity contribution is -0.128. The molecule has 23 heavy (non-hydrogen) atoms. The summed E-state index contributed by atoms with van der Waals surface area (Å²) in [7, 11) is 0. The zero-order valence-corrected chi connectivity index (χ0v) is 13.6. The minimum absolute atomic E-state index is 0.0421. The van der Waals surface area contributed by atoms with Gasteiger partial charge < -0.3 is 9.80 Å². The molecule has 0 saturated carbocycles. The van der Waals surface area contributed by atoms with Crippen LogP contribution >= 0.6 is 0 Å². The van der Waals surface area contributed by atoms with E-state index in [1.165, 1.54) is 0 Å². The molecular formula is C15H20N6O2. The molecule has 1 aliphatic rings. The van der Waals surface area contributed by atoms with Crippen molar-refractivity contribution in [3.05, 3.63) is 23.3 Å². The number of carbonyl (C=O) groups is 2. The Kier molecular flexibility index (Phi) is 3.97. The third kappa shape index (κ3) is 3.01. The van der Waals surface area contributed by atoms with Gasteiger partial charge in [0.25, 0.3) is 11.7 Å². The fraction of sp³-hybridized carbons (Fsp3) is 0.533. The second kappa shape index (κ2) is 5.94. The molecule has 8 heteroatoms. The summed E-state index contributed by atoms with van der Waals surface area (Å²) in [6.07, 6.45) is 0.759. The maximum atomic E-state index is 12.7. The van der Waals surface area contributed by atoms with Crippen molar-refractivity contribution < 1.29 is 9.59 Å². The Hall–Kier alpha value is -2.51. The number of fused-ring (bicyclic) bond motifs is 1. The van der Waals surface area contributed by atoms with Gasteiger partial charge in [-0.2, -0.15) is 4.98 Å². The normalized spacial score (nSPS) is 15.8. The molecule has 0 aromatic carbocycles. The number of rotatable bonds is 1. The van der Waals surface area contributed by atoms with Crippen molar-refractivity contribution in [1.82, 2.24) is 29.4 Å². The number of aryl methyl sites for hydroxylation is 2. The van der Waals surface area contributed by atoms with E-state index in [-0.39, 0.29) is 17.6 Å². The molecule has 0 bridgehead atoms. The second-order valence-electron chi connectivity index (χ2n) is 5.84. The molecule has 3 rings (SSSR count). The van der Waals surface area contributed by atoms with Crippen LogP contribution in [0, 0.1) is 13.8 Å². The molecule has 0 radical (unpaired) electrons. The van der Waals surface area contributed by atoms with E-state index in [2.05, 4.69) is 15.1 Å². The lowest BCUT2D eigenvalue weighted by atomic mass is 10.3. The van der Waals surface area contributed by atoms with Gasteiger partial charge in [0, 0.05) is 44.5 Å². The van der Waals surface area contributed by atoms with Crippen LogP contribution < -0.4 is 0 Å². The second-order valence-corrected chi connectivity index (χ2v) is 5.84. The van der Waals surface area contributed by atoms with Gasteiger partial charge in [-0.1, -0.05) is 0 Å². The summed E-state index contributed by atoms with van der Waals surface area (Å²) in [5, 5.41) is 4.28. The van der Waals surface area contributed by atoms with Crippen LogP contribution in [0.1, 0.15) is 35.4 Å². The largest absolute Gasteiger partial charge is 0.341 e. The molecule has 1 aliphatic heterocycles. The van der Waals surface area contributed by atoms with E-state index in [1.807, 2.05) is 19.9 Å². The van der Waals surface area contributed by atoms with Crippen molar-refractivity contribution >= 4 is 17.6 Å². The van der Waals surface area contributed by atoms with Crippen LogP contribution in [0.15, 0.2) is 6.07 Å². The fourth-order valence-electron chi connectivity index (χ4n) is 2.83. The molecule has 122 valence electrons. The number of carbonyl (C=O) groups excluding carboxylic acids is 2. The van der Waals surface area contributed by atoms with Crippen LogP contribution in [0.25, 0.3) is 5.78 Å². The molecule has 1 fully saturated rings. The standard InChI is InChI=1S/C15H20N6O2/c1-10-9-11(2)21-15(16-10)17-13(18-21)14(23)20-6-4-5-19(7-8-20)12(3)22/h9H,4-8H2,1-3H3. The van der Waals surface area contributed by atoms with E-state index in [4.69, 9.17) is 0 Å². The highest BCUT2D eigenvalue weighted by Gasteiger charge is 2.24. The van der Waals surface area contributed by atoms with E-state index in [0.29, 0.717) is 32.0 Å². The van der Waals surface area contributed by atoms with Gasteiger partial charge >= 0.3 is 0 Å². The number of aromatic nitrogens is 4. The minimum atomic E-state index is -0.210. The Bertz CT molecular complexity index is 769. The van der Waals surface area contributed by atoms with Crippen molar-refractivity contribution in [1.29, 1.82) is 0 Å². The maximum Gasteiger partial charge on any atom is 0.293 e. The van der Waals surface area contributed by atoms with E-state index < -0.39 is 0 Å². The average molecular weight is 316 g/mol. The Morgan fingerprint density at radius 3 is 2.48 bits per heavy atom. The lowest BCUT2D eigenvalue weighted by Gasteiger charge is -2.20. The molecule has 1 saturated heterocycles. The minimum Gasteiger partial charge on any atom is -0.341 e. The SMILES string of the molecule is CC(=O)N1CCCN(C(=O)c2nc3nc(C)cc(C)n3n2)CC1. The van der Waals surface area contributed by atoms with Crippen molar-refractivity contribution in [3.8, 4) is 0 Å². The first-order valence-corrected chi connectivity index (χ1v) is 7.71. The topological polar surface area (TPSA) is 83.7 Å². The van der Waals surface area contributed by atoms with Gasteiger partial charge in [-0.15, -0.1) is 5.10 Å². The number of hydrogen-bond donors (Lipinski definition) is 0. The molecule has 2 aromatic heterocycles. The lowest BCUT2D eigenvalue weighted by Crippen LogP contribution is -2.37. The van der Waals surface area contributed by atoms with Crippen LogP contribution in [0.3, 0.4) is 0 Å². The summed E-state index contributed by atoms with van der Waals surface area (Å²) in [6.45, 7) is 7.67. The molecule has 2 amide bonds. The van der Waals surface area contributed by atoms with E-state index in [0.717, 1.165) is 17.8 Å². The molecule has 8 nitrogen and oxygen atoms in total. The zero-order chi connectivity index (χ0) is 16.6. The number of hydrogen-bond acceptors (Lipinski definition) is 5. The number of amides is 2. The Balaban J connectivity index is 1.83. The quantitative estimate of drug-likeness (QED) is 0.762. The first-order valence-electron chi connectivity index (χ1n) is 7.71. The summed E-state index contributed by atoms with van der Waals surface area (Å²) >= 11 is 0. The Labute approximate surface area is 134 Å². The molecule has 0 atom stereocenters. The first-order chi connectivity index (χ1) is 11.0. The molecule has 2 aromatic rings. The van der Waals surface area contributed by atoms with E-state index >= 15 is 0 Å². The van der Waals surface area contributed by atoms with Gasteiger partial charge in [0.2, 0.25) is 11.7 Å². The molecule has 0 spiro atoms. The third-order valence-corrected chi connectivity index (χ3v) is 4.04. The molecule has 0 aliphatic carbocycles. The average Bonchev–Trinajstić information content (AvgIpc) is 2.76. The van der Waals surface area contributed by atoms with Gasteiger partial charge in [0.15, 0.2) is 0 Å². The summed E-state index contributed by atoms with van der Waals surface area (Å²) in [5.41, 5.74) is 1.73. The van der Waals surface area contributed by atoms with E-state index in [1.54, 1.807) is 21.2 Å². The van der Waals surface area contributed by atoms with Crippen LogP contribution in [0.4, 0.5) is 0 Å². The Morgan fingerprint density at radius 2 is 1.74 bits per heavy atom. The monoisotopic (exact) mass is 316 g/mol. The van der Waals surface area contributed by atoms with Crippen molar-refractivity contribution in [2.75, 3.05) is 26.2 Å². The Morgan fingerprint density at radius 1 is 1.04 bits per heavy atom. The highest BCUT2D eigenvalue weighted by Crippen LogP contribution is 2.10. The fourth-order valence-corrected chi connectivity index (χ4v) is 2.83. The smallest absolute Gasteiger partial charge is 0.293 e. The van der Waals surface area contributed by atoms with Crippen molar-refractivity contribution in [3.63, 3.8) is 0 Å². The van der Waals surface area contributed by atoms with Crippen molar-refractivity contribution in [2.45, 2.75) is 27.2 Å². The van der Waals surface area contributed by atoms with Crippen molar-refractivity contribution in [2.24, 2.45) is 0 Å². The predicted octanol–water partition coefficient (Wildman–Crippen LogP) is 0.436. The molecular weight excluding hydrogens is 296 g/mol. The predicted molar refractivity (Wildman–Crippen MR) is 83.0 cm³/mol. The van der Waals surface area contributed by atoms with Crippen LogP contribution in [-0.4, -0.2) is 67.4 Å². The van der Waals surface area contributed by atoms with Crippen LogP contribution in [0.2, 0.25) is 0 Å². The summed E-state index contributed by atoms with van der Waals surface area (Å²) in [4.78, 5) is 36.2. The summed E-state index contributed by atoms with van der Waals surface area (Å²) in [5.74, 6) is 0.423. The van der Waals surface area contributed by atoms with Gasteiger partial charge in [0.05, 0.1) is 0 Å². The maximum absolute atomic E-state index is 12.7. The van der Waals surface area contributed by atoms with Gasteiger partial charge in [0.1, 0.15) is 0 Å². The zero-order valence-electron chi connectivity index (χ0n) is 13.6. The summed E-state index contributed by atoms with van der Waals surface area (Å²) < 4.78 is 1.58. The molecule has 3 heterocycles. The van der Waals surface area contributed by atoms with Gasteiger partial charge in [-0.3, -0.25) is 9.59 Å².